The number of likely N-dealkylation sites (tertiary alicyclic amines) is 1. The summed E-state index contributed by atoms with van der Waals surface area (Å²) in [6, 6.07) is -1.24. The topological polar surface area (TPSA) is 66.8 Å². The van der Waals surface area contributed by atoms with Crippen LogP contribution in [0.15, 0.2) is 0 Å². The van der Waals surface area contributed by atoms with Crippen LogP contribution < -0.4 is 0 Å². The molecule has 1 heterocycles. The van der Waals surface area contributed by atoms with E-state index in [0.29, 0.717) is 0 Å². The average molecular weight is 265 g/mol. The van der Waals surface area contributed by atoms with E-state index in [4.69, 9.17) is 9.84 Å². The number of hydrogen-bond donors (Lipinski definition) is 1. The molecule has 1 aliphatic heterocycles. The fourth-order valence-electron chi connectivity index (χ4n) is 1.81. The number of aliphatic carboxylic acids is 1. The van der Waals surface area contributed by atoms with Crippen LogP contribution in [0.1, 0.15) is 27.2 Å². The third-order valence-corrected chi connectivity index (χ3v) is 2.60. The zero-order valence-electron chi connectivity index (χ0n) is 10.5. The summed E-state index contributed by atoms with van der Waals surface area (Å²) in [6.45, 7) is 4.59. The van der Waals surface area contributed by atoms with Crippen molar-refractivity contribution in [2.75, 3.05) is 6.54 Å². The molecule has 1 N–H and O–H groups in total. The first kappa shape index (κ1) is 14.7. The van der Waals surface area contributed by atoms with Gasteiger partial charge in [0, 0.05) is 12.5 Å². The summed E-state index contributed by atoms with van der Waals surface area (Å²) >= 11 is 0. The van der Waals surface area contributed by atoms with E-state index in [9.17, 15) is 18.4 Å². The summed E-state index contributed by atoms with van der Waals surface area (Å²) in [4.78, 5) is 23.6. The predicted molar refractivity (Wildman–Crippen MR) is 58.5 cm³/mol. The summed E-state index contributed by atoms with van der Waals surface area (Å²) in [6.07, 6.45) is -3.75. The van der Waals surface area contributed by atoms with Gasteiger partial charge in [0.25, 0.3) is 0 Å². The van der Waals surface area contributed by atoms with Gasteiger partial charge in [-0.3, -0.25) is 4.90 Å². The first-order valence-corrected chi connectivity index (χ1v) is 5.62. The number of amides is 1. The van der Waals surface area contributed by atoms with Gasteiger partial charge < -0.3 is 9.84 Å². The lowest BCUT2D eigenvalue weighted by Gasteiger charge is -2.26. The Morgan fingerprint density at radius 2 is 1.94 bits per heavy atom. The second-order valence-electron chi connectivity index (χ2n) is 5.32. The van der Waals surface area contributed by atoms with Crippen molar-refractivity contribution in [3.05, 3.63) is 0 Å². The van der Waals surface area contributed by atoms with Gasteiger partial charge in [-0.1, -0.05) is 0 Å². The highest BCUT2D eigenvalue weighted by Crippen LogP contribution is 2.29. The maximum Gasteiger partial charge on any atom is 0.411 e. The molecule has 1 aliphatic rings. The number of carboxylic acids is 1. The molecule has 7 heteroatoms. The molecule has 0 bridgehead atoms. The van der Waals surface area contributed by atoms with Crippen molar-refractivity contribution < 1.29 is 28.2 Å². The molecular formula is C11H17F2NO4. The Kier molecular flexibility index (Phi) is 4.13. The zero-order valence-corrected chi connectivity index (χ0v) is 10.5. The van der Waals surface area contributed by atoms with Crippen molar-refractivity contribution in [1.29, 1.82) is 0 Å². The largest absolute Gasteiger partial charge is 0.480 e. The maximum absolute atomic E-state index is 12.6. The Morgan fingerprint density at radius 3 is 2.33 bits per heavy atom. The number of ether oxygens (including phenoxy) is 1. The molecule has 0 unspecified atom stereocenters. The predicted octanol–water partition coefficient (Wildman–Crippen LogP) is 1.96. The molecule has 2 atom stereocenters. The molecule has 18 heavy (non-hydrogen) atoms. The lowest BCUT2D eigenvalue weighted by molar-refractivity contribution is -0.142. The molecule has 1 saturated heterocycles. The number of carboxylic acid groups (broad SMARTS) is 1. The summed E-state index contributed by atoms with van der Waals surface area (Å²) in [5, 5.41) is 8.94. The van der Waals surface area contributed by atoms with Crippen LogP contribution in [0.3, 0.4) is 0 Å². The molecular weight excluding hydrogens is 248 g/mol. The Bertz CT molecular complexity index is 340. The fourth-order valence-corrected chi connectivity index (χ4v) is 1.81. The third-order valence-electron chi connectivity index (χ3n) is 2.60. The molecule has 1 rings (SSSR count). The maximum atomic E-state index is 12.6. The van der Waals surface area contributed by atoms with Crippen molar-refractivity contribution in [2.24, 2.45) is 5.92 Å². The van der Waals surface area contributed by atoms with Gasteiger partial charge in [0.1, 0.15) is 11.6 Å². The van der Waals surface area contributed by atoms with E-state index in [1.807, 2.05) is 0 Å². The Hall–Kier alpha value is -1.40. The normalized spacial score (nSPS) is 24.4. The highest BCUT2D eigenvalue weighted by Gasteiger charge is 2.44. The van der Waals surface area contributed by atoms with Gasteiger partial charge in [-0.05, 0) is 27.2 Å². The fraction of sp³-hybridized carbons (Fsp3) is 0.818. The van der Waals surface area contributed by atoms with Gasteiger partial charge in [0.05, 0.1) is 0 Å². The van der Waals surface area contributed by atoms with Gasteiger partial charge in [0.2, 0.25) is 6.43 Å². The number of alkyl halides is 2. The van der Waals surface area contributed by atoms with Crippen LogP contribution in [0.2, 0.25) is 0 Å². The monoisotopic (exact) mass is 265 g/mol. The molecule has 0 radical (unpaired) electrons. The third kappa shape index (κ3) is 3.54. The van der Waals surface area contributed by atoms with Crippen molar-refractivity contribution in [3.63, 3.8) is 0 Å². The minimum atomic E-state index is -2.64. The summed E-state index contributed by atoms with van der Waals surface area (Å²) in [5.74, 6) is -2.40. The minimum absolute atomic E-state index is 0.244. The number of rotatable bonds is 2. The SMILES string of the molecule is CC(C)(C)OC(=O)N1C[C@H](C(F)F)C[C@@H]1C(=O)O. The first-order chi connectivity index (χ1) is 8.11. The van der Waals surface area contributed by atoms with E-state index in [-0.39, 0.29) is 13.0 Å². The van der Waals surface area contributed by atoms with Crippen LogP contribution in [0.4, 0.5) is 13.6 Å². The highest BCUT2D eigenvalue weighted by molar-refractivity contribution is 5.81. The van der Waals surface area contributed by atoms with E-state index in [1.54, 1.807) is 20.8 Å². The van der Waals surface area contributed by atoms with Gasteiger partial charge in [-0.25, -0.2) is 18.4 Å². The van der Waals surface area contributed by atoms with Crippen molar-refractivity contribution in [2.45, 2.75) is 45.3 Å². The Balaban J connectivity index is 2.78. The lowest BCUT2D eigenvalue weighted by Crippen LogP contribution is -2.43. The van der Waals surface area contributed by atoms with Crippen LogP contribution in [0.5, 0.6) is 0 Å². The van der Waals surface area contributed by atoms with E-state index in [1.165, 1.54) is 0 Å². The summed E-state index contributed by atoms with van der Waals surface area (Å²) in [5.41, 5.74) is -0.789. The molecule has 0 spiro atoms. The molecule has 104 valence electrons. The van der Waals surface area contributed by atoms with Gasteiger partial charge >= 0.3 is 12.1 Å². The van der Waals surface area contributed by atoms with Gasteiger partial charge in [0.15, 0.2) is 0 Å². The molecule has 1 fully saturated rings. The number of carbonyl (C=O) groups is 2. The summed E-state index contributed by atoms with van der Waals surface area (Å²) in [7, 11) is 0. The number of halogens is 2. The second-order valence-corrected chi connectivity index (χ2v) is 5.32. The van der Waals surface area contributed by atoms with Crippen LogP contribution >= 0.6 is 0 Å². The lowest BCUT2D eigenvalue weighted by atomic mass is 10.1. The van der Waals surface area contributed by atoms with Crippen LogP contribution in [0.25, 0.3) is 0 Å². The van der Waals surface area contributed by atoms with E-state index >= 15 is 0 Å². The van der Waals surface area contributed by atoms with Crippen LogP contribution in [-0.2, 0) is 9.53 Å². The standard InChI is InChI=1S/C11H17F2NO4/c1-11(2,3)18-10(17)14-5-6(8(12)13)4-7(14)9(15)16/h6-8H,4-5H2,1-3H3,(H,15,16)/t6-,7-/m1/s1. The second kappa shape index (κ2) is 5.07. The van der Waals surface area contributed by atoms with Crippen LogP contribution in [-0.4, -0.2) is 46.7 Å². The van der Waals surface area contributed by atoms with Crippen LogP contribution in [0, 0.1) is 5.92 Å². The number of carbonyl (C=O) groups excluding carboxylic acids is 1. The first-order valence-electron chi connectivity index (χ1n) is 5.62. The summed E-state index contributed by atoms with van der Waals surface area (Å²) < 4.78 is 30.2. The van der Waals surface area contributed by atoms with Crippen molar-refractivity contribution in [1.82, 2.24) is 4.90 Å². The van der Waals surface area contributed by atoms with Gasteiger partial charge in [-0.2, -0.15) is 0 Å². The van der Waals surface area contributed by atoms with E-state index in [0.717, 1.165) is 4.90 Å². The van der Waals surface area contributed by atoms with Gasteiger partial charge in [-0.15, -0.1) is 0 Å². The van der Waals surface area contributed by atoms with Crippen molar-refractivity contribution >= 4 is 12.1 Å². The molecule has 0 aliphatic carbocycles. The number of nitrogens with zero attached hydrogens (tertiary/aromatic N) is 1. The smallest absolute Gasteiger partial charge is 0.411 e. The van der Waals surface area contributed by atoms with Crippen molar-refractivity contribution in [3.8, 4) is 0 Å². The molecule has 0 aromatic heterocycles. The quantitative estimate of drug-likeness (QED) is 0.828. The number of hydrogen-bond acceptors (Lipinski definition) is 3. The Morgan fingerprint density at radius 1 is 1.39 bits per heavy atom. The van der Waals surface area contributed by atoms with E-state index in [2.05, 4.69) is 0 Å². The average Bonchev–Trinajstić information content (AvgIpc) is 2.58. The molecule has 0 aromatic carbocycles. The molecule has 1 amide bonds. The minimum Gasteiger partial charge on any atom is -0.480 e. The molecule has 5 nitrogen and oxygen atoms in total. The Labute approximate surface area is 104 Å². The molecule has 0 aromatic rings. The molecule has 0 saturated carbocycles. The van der Waals surface area contributed by atoms with E-state index < -0.39 is 36.0 Å². The highest BCUT2D eigenvalue weighted by atomic mass is 19.3. The zero-order chi connectivity index (χ0) is 14.1.